The van der Waals surface area contributed by atoms with Gasteiger partial charge in [0.1, 0.15) is 17.0 Å². The number of hydrogen-bond acceptors (Lipinski definition) is 5. The summed E-state index contributed by atoms with van der Waals surface area (Å²) in [4.78, 5) is 21.1. The molecule has 3 aromatic rings. The summed E-state index contributed by atoms with van der Waals surface area (Å²) >= 11 is 1.10. The van der Waals surface area contributed by atoms with Crippen LogP contribution in [0.15, 0.2) is 24.4 Å². The Labute approximate surface area is 166 Å². The van der Waals surface area contributed by atoms with Crippen LogP contribution in [0.25, 0.3) is 10.2 Å². The number of benzene rings is 1. The van der Waals surface area contributed by atoms with Crippen molar-refractivity contribution in [3.05, 3.63) is 41.7 Å². The van der Waals surface area contributed by atoms with Crippen molar-refractivity contribution >= 4 is 32.6 Å². The minimum atomic E-state index is -0.731. The van der Waals surface area contributed by atoms with Crippen molar-refractivity contribution in [1.29, 1.82) is 0 Å². The van der Waals surface area contributed by atoms with E-state index in [4.69, 9.17) is 0 Å². The number of rotatable bonds is 7. The van der Waals surface area contributed by atoms with Gasteiger partial charge in [0.25, 0.3) is 5.91 Å². The fraction of sp³-hybridized carbons (Fsp3) is 0.421. The van der Waals surface area contributed by atoms with Crippen molar-refractivity contribution < 1.29 is 13.6 Å². The molecule has 0 atom stereocenters. The van der Waals surface area contributed by atoms with E-state index in [0.717, 1.165) is 23.9 Å². The van der Waals surface area contributed by atoms with Gasteiger partial charge in [0.2, 0.25) is 0 Å². The highest BCUT2D eigenvalue weighted by Gasteiger charge is 2.25. The molecule has 28 heavy (non-hydrogen) atoms. The van der Waals surface area contributed by atoms with Gasteiger partial charge in [-0.05, 0) is 53.0 Å². The van der Waals surface area contributed by atoms with E-state index in [9.17, 15) is 13.6 Å². The van der Waals surface area contributed by atoms with E-state index in [2.05, 4.69) is 10.1 Å². The van der Waals surface area contributed by atoms with Gasteiger partial charge in [0, 0.05) is 24.8 Å². The first-order valence-corrected chi connectivity index (χ1v) is 9.85. The molecule has 150 valence electrons. The fourth-order valence-electron chi connectivity index (χ4n) is 2.92. The van der Waals surface area contributed by atoms with Gasteiger partial charge in [0.05, 0.1) is 4.70 Å². The lowest BCUT2D eigenvalue weighted by molar-refractivity contribution is 0.0974. The molecule has 0 aliphatic rings. The van der Waals surface area contributed by atoms with Crippen molar-refractivity contribution in [2.24, 2.45) is 0 Å². The Morgan fingerprint density at radius 1 is 1.25 bits per heavy atom. The number of thiazole rings is 1. The minimum Gasteiger partial charge on any atom is -0.309 e. The molecule has 0 bridgehead atoms. The van der Waals surface area contributed by atoms with Crippen molar-refractivity contribution in [2.45, 2.75) is 26.3 Å². The fourth-order valence-corrected chi connectivity index (χ4v) is 3.95. The average molecular weight is 407 g/mol. The molecule has 0 N–H and O–H groups in total. The van der Waals surface area contributed by atoms with Gasteiger partial charge in [-0.25, -0.2) is 13.8 Å². The second kappa shape index (κ2) is 8.32. The average Bonchev–Trinajstić information content (AvgIpc) is 3.24. The highest BCUT2D eigenvalue weighted by atomic mass is 32.1. The highest BCUT2D eigenvalue weighted by molar-refractivity contribution is 7.22. The second-order valence-corrected chi connectivity index (χ2v) is 8.11. The number of fused-ring (bicyclic) bond motifs is 1. The summed E-state index contributed by atoms with van der Waals surface area (Å²) in [5.74, 6) is -1.65. The van der Waals surface area contributed by atoms with Crippen molar-refractivity contribution in [2.75, 3.05) is 32.1 Å². The Bertz CT molecular complexity index is 982. The van der Waals surface area contributed by atoms with Crippen LogP contribution in [-0.4, -0.2) is 52.8 Å². The number of hydrogen-bond donors (Lipinski definition) is 0. The van der Waals surface area contributed by atoms with E-state index >= 15 is 0 Å². The van der Waals surface area contributed by atoms with E-state index in [1.54, 1.807) is 16.9 Å². The lowest BCUT2D eigenvalue weighted by atomic mass is 10.3. The first kappa shape index (κ1) is 20.3. The molecule has 3 rings (SSSR count). The molecular weight excluding hydrogens is 384 g/mol. The minimum absolute atomic E-state index is 0.0134. The zero-order valence-corrected chi connectivity index (χ0v) is 17.1. The maximum atomic E-state index is 14.1. The Balaban J connectivity index is 2.00. The van der Waals surface area contributed by atoms with Crippen LogP contribution in [0.4, 0.5) is 13.9 Å². The molecule has 0 spiro atoms. The molecule has 0 radical (unpaired) electrons. The van der Waals surface area contributed by atoms with E-state index in [0.29, 0.717) is 28.5 Å². The summed E-state index contributed by atoms with van der Waals surface area (Å²) in [6.07, 6.45) is 2.29. The number of aromatic nitrogens is 3. The molecule has 2 heterocycles. The summed E-state index contributed by atoms with van der Waals surface area (Å²) in [6, 6.07) is 3.71. The zero-order valence-electron chi connectivity index (χ0n) is 16.3. The summed E-state index contributed by atoms with van der Waals surface area (Å²) in [7, 11) is 3.91. The van der Waals surface area contributed by atoms with Crippen molar-refractivity contribution in [3.8, 4) is 0 Å². The van der Waals surface area contributed by atoms with Crippen LogP contribution in [0.2, 0.25) is 0 Å². The maximum Gasteiger partial charge on any atom is 0.278 e. The van der Waals surface area contributed by atoms with Crippen LogP contribution in [0.3, 0.4) is 0 Å². The Hall–Kier alpha value is -2.39. The van der Waals surface area contributed by atoms with Crippen molar-refractivity contribution in [1.82, 2.24) is 19.7 Å². The van der Waals surface area contributed by atoms with E-state index < -0.39 is 11.6 Å². The molecular formula is C19H23F2N5OS. The predicted octanol–water partition coefficient (Wildman–Crippen LogP) is 3.95. The van der Waals surface area contributed by atoms with Gasteiger partial charge in [-0.15, -0.1) is 0 Å². The maximum absolute atomic E-state index is 14.1. The Morgan fingerprint density at radius 3 is 2.68 bits per heavy atom. The number of carbonyl (C=O) groups excluding carboxylic acids is 1. The normalized spacial score (nSPS) is 11.7. The van der Waals surface area contributed by atoms with Gasteiger partial charge in [-0.2, -0.15) is 5.10 Å². The summed E-state index contributed by atoms with van der Waals surface area (Å²) in [6.45, 7) is 5.07. The highest BCUT2D eigenvalue weighted by Crippen LogP contribution is 2.32. The second-order valence-electron chi connectivity index (χ2n) is 7.10. The van der Waals surface area contributed by atoms with Gasteiger partial charge in [-0.3, -0.25) is 14.4 Å². The van der Waals surface area contributed by atoms with Gasteiger partial charge >= 0.3 is 0 Å². The molecule has 1 amide bonds. The number of carbonyl (C=O) groups is 1. The van der Waals surface area contributed by atoms with Crippen LogP contribution in [-0.2, 0) is 0 Å². The van der Waals surface area contributed by atoms with Gasteiger partial charge < -0.3 is 4.90 Å². The lowest BCUT2D eigenvalue weighted by Crippen LogP contribution is -2.35. The van der Waals surface area contributed by atoms with Crippen LogP contribution in [0, 0.1) is 11.6 Å². The SMILES string of the molecule is CC(C)n1nccc1C(=O)N(CCCN(C)C)c1nc2c(F)cc(F)cc2s1. The third-order valence-electron chi connectivity index (χ3n) is 4.24. The summed E-state index contributed by atoms with van der Waals surface area (Å²) in [5, 5.41) is 4.57. The molecule has 0 unspecified atom stereocenters. The first-order valence-electron chi connectivity index (χ1n) is 9.03. The van der Waals surface area contributed by atoms with Crippen LogP contribution >= 0.6 is 11.3 Å². The first-order chi connectivity index (χ1) is 13.3. The van der Waals surface area contributed by atoms with Crippen molar-refractivity contribution in [3.63, 3.8) is 0 Å². The molecule has 0 aliphatic carbocycles. The van der Waals surface area contributed by atoms with Gasteiger partial charge in [-0.1, -0.05) is 11.3 Å². The van der Waals surface area contributed by atoms with Gasteiger partial charge in [0.15, 0.2) is 10.9 Å². The largest absolute Gasteiger partial charge is 0.309 e. The quantitative estimate of drug-likeness (QED) is 0.595. The van der Waals surface area contributed by atoms with Crippen LogP contribution < -0.4 is 4.90 Å². The third-order valence-corrected chi connectivity index (χ3v) is 5.27. The topological polar surface area (TPSA) is 54.3 Å². The molecule has 2 aromatic heterocycles. The van der Waals surface area contributed by atoms with E-state index in [-0.39, 0.29) is 17.5 Å². The number of halogens is 2. The van der Waals surface area contributed by atoms with E-state index in [1.165, 1.54) is 11.0 Å². The molecule has 0 saturated heterocycles. The molecule has 9 heteroatoms. The lowest BCUT2D eigenvalue weighted by Gasteiger charge is -2.22. The van der Waals surface area contributed by atoms with E-state index in [1.807, 2.05) is 32.8 Å². The summed E-state index contributed by atoms with van der Waals surface area (Å²) < 4.78 is 29.7. The smallest absolute Gasteiger partial charge is 0.278 e. The molecule has 0 aliphatic heterocycles. The molecule has 0 fully saturated rings. The standard InChI is InChI=1S/C19H23F2N5OS/c1-12(2)26-15(6-7-22-26)18(27)25(9-5-8-24(3)4)19-23-17-14(21)10-13(20)11-16(17)28-19/h6-7,10-12H,5,8-9H2,1-4H3. The van der Waals surface area contributed by atoms with Crippen LogP contribution in [0.1, 0.15) is 36.8 Å². The van der Waals surface area contributed by atoms with Crippen LogP contribution in [0.5, 0.6) is 0 Å². The zero-order chi connectivity index (χ0) is 20.4. The number of nitrogens with zero attached hydrogens (tertiary/aromatic N) is 5. The Kier molecular flexibility index (Phi) is 6.04. The molecule has 1 aromatic carbocycles. The molecule has 0 saturated carbocycles. The summed E-state index contributed by atoms with van der Waals surface area (Å²) in [5.41, 5.74) is 0.509. The Morgan fingerprint density at radius 2 is 2.00 bits per heavy atom. The number of anilines is 1. The predicted molar refractivity (Wildman–Crippen MR) is 107 cm³/mol. The molecule has 6 nitrogen and oxygen atoms in total. The number of amides is 1. The third kappa shape index (κ3) is 4.20. The monoisotopic (exact) mass is 407 g/mol.